The highest BCUT2D eigenvalue weighted by Crippen LogP contribution is 2.33. The zero-order valence-corrected chi connectivity index (χ0v) is 19.2. The zero-order chi connectivity index (χ0) is 22.8. The summed E-state index contributed by atoms with van der Waals surface area (Å²) < 4.78 is 39.0. The summed E-state index contributed by atoms with van der Waals surface area (Å²) in [5.74, 6) is 0.467. The Morgan fingerprint density at radius 2 is 1.81 bits per heavy atom. The van der Waals surface area contributed by atoms with Gasteiger partial charge in [-0.3, -0.25) is 4.72 Å². The number of nitrogens with one attached hydrogen (secondary N) is 1. The van der Waals surface area contributed by atoms with E-state index in [0.717, 1.165) is 5.56 Å². The molecule has 0 unspecified atom stereocenters. The molecule has 0 amide bonds. The Morgan fingerprint density at radius 1 is 1.10 bits per heavy atom. The van der Waals surface area contributed by atoms with Gasteiger partial charge in [0.2, 0.25) is 11.7 Å². The number of hydrogen-bond donors (Lipinski definition) is 2. The van der Waals surface area contributed by atoms with Crippen LogP contribution in [-0.2, 0) is 10.0 Å². The minimum absolute atomic E-state index is 0.0781. The standard InChI is InChI=1S/C20H20Cl2N4O4S/c1-11(23)13-6-4-7-14(10-13)30-19-12(2)24-18(20(25-19)29-3)26-31(27,28)16-9-5-8-15(21)17(16)22/h4-11H,23H2,1-3H3,(H,24,26)/t11-/m0/s1. The SMILES string of the molecule is COc1nc(Oc2cccc([C@H](C)N)c2)c(C)nc1NS(=O)(=O)c1cccc(Cl)c1Cl. The highest BCUT2D eigenvalue weighted by molar-refractivity contribution is 7.92. The molecule has 0 saturated heterocycles. The maximum absolute atomic E-state index is 12.8. The van der Waals surface area contributed by atoms with Crippen LogP contribution in [0.2, 0.25) is 10.0 Å². The van der Waals surface area contributed by atoms with Gasteiger partial charge in [0, 0.05) is 6.04 Å². The summed E-state index contributed by atoms with van der Waals surface area (Å²) in [6.45, 7) is 3.49. The van der Waals surface area contributed by atoms with Gasteiger partial charge in [-0.15, -0.1) is 0 Å². The summed E-state index contributed by atoms with van der Waals surface area (Å²) in [5.41, 5.74) is 7.13. The maximum Gasteiger partial charge on any atom is 0.264 e. The van der Waals surface area contributed by atoms with Gasteiger partial charge < -0.3 is 15.2 Å². The molecule has 0 aliphatic carbocycles. The lowest BCUT2D eigenvalue weighted by Gasteiger charge is -2.15. The summed E-state index contributed by atoms with van der Waals surface area (Å²) in [7, 11) is -2.77. The Bertz CT molecular complexity index is 1220. The largest absolute Gasteiger partial charge is 0.478 e. The molecule has 3 rings (SSSR count). The Labute approximate surface area is 190 Å². The van der Waals surface area contributed by atoms with Gasteiger partial charge in [0.1, 0.15) is 16.3 Å². The van der Waals surface area contributed by atoms with Crippen LogP contribution in [0.25, 0.3) is 0 Å². The first-order valence-corrected chi connectivity index (χ1v) is 11.3. The summed E-state index contributed by atoms with van der Waals surface area (Å²) in [6.07, 6.45) is 0. The van der Waals surface area contributed by atoms with E-state index < -0.39 is 10.0 Å². The van der Waals surface area contributed by atoms with Gasteiger partial charge in [-0.05, 0) is 43.7 Å². The number of nitrogens with zero attached hydrogens (tertiary/aromatic N) is 2. The number of nitrogens with two attached hydrogens (primary N) is 1. The van der Waals surface area contributed by atoms with Crippen LogP contribution in [0.15, 0.2) is 47.4 Å². The van der Waals surface area contributed by atoms with Gasteiger partial charge in [0.25, 0.3) is 15.9 Å². The first kappa shape index (κ1) is 23.1. The molecule has 164 valence electrons. The van der Waals surface area contributed by atoms with E-state index in [2.05, 4.69) is 14.7 Å². The van der Waals surface area contributed by atoms with Gasteiger partial charge in [0.05, 0.1) is 17.2 Å². The second-order valence-corrected chi connectivity index (χ2v) is 9.03. The number of ether oxygens (including phenoxy) is 2. The number of anilines is 1. The zero-order valence-electron chi connectivity index (χ0n) is 16.9. The van der Waals surface area contributed by atoms with Crippen molar-refractivity contribution in [1.29, 1.82) is 0 Å². The number of sulfonamides is 1. The molecule has 31 heavy (non-hydrogen) atoms. The van der Waals surface area contributed by atoms with Gasteiger partial charge in [-0.25, -0.2) is 13.4 Å². The number of rotatable bonds is 7. The molecular weight excluding hydrogens is 463 g/mol. The minimum atomic E-state index is -4.11. The van der Waals surface area contributed by atoms with E-state index in [1.807, 2.05) is 19.1 Å². The Balaban J connectivity index is 1.94. The summed E-state index contributed by atoms with van der Waals surface area (Å²) in [6, 6.07) is 11.4. The smallest absolute Gasteiger partial charge is 0.264 e. The molecule has 0 spiro atoms. The molecule has 3 N–H and O–H groups in total. The average molecular weight is 483 g/mol. The van der Waals surface area contributed by atoms with Crippen LogP contribution in [0.4, 0.5) is 5.82 Å². The third-order valence-corrected chi connectivity index (χ3v) is 6.54. The molecular formula is C20H20Cl2N4O4S. The molecule has 3 aromatic rings. The lowest BCUT2D eigenvalue weighted by atomic mass is 10.1. The lowest BCUT2D eigenvalue weighted by Crippen LogP contribution is -2.16. The summed E-state index contributed by atoms with van der Waals surface area (Å²) >= 11 is 12.0. The number of halogens is 2. The molecule has 8 nitrogen and oxygen atoms in total. The van der Waals surface area contributed by atoms with Gasteiger partial charge >= 0.3 is 0 Å². The number of aromatic nitrogens is 2. The van der Waals surface area contributed by atoms with E-state index in [1.165, 1.54) is 25.3 Å². The lowest BCUT2D eigenvalue weighted by molar-refractivity contribution is 0.381. The normalized spacial score (nSPS) is 12.3. The van der Waals surface area contributed by atoms with Crippen LogP contribution in [0.5, 0.6) is 17.5 Å². The predicted molar refractivity (Wildman–Crippen MR) is 120 cm³/mol. The summed E-state index contributed by atoms with van der Waals surface area (Å²) in [4.78, 5) is 8.31. The number of benzene rings is 2. The second-order valence-electron chi connectivity index (χ2n) is 6.59. The van der Waals surface area contributed by atoms with Crippen molar-refractivity contribution in [3.63, 3.8) is 0 Å². The fourth-order valence-electron chi connectivity index (χ4n) is 2.64. The highest BCUT2D eigenvalue weighted by Gasteiger charge is 2.24. The van der Waals surface area contributed by atoms with Crippen molar-refractivity contribution in [1.82, 2.24) is 9.97 Å². The first-order valence-electron chi connectivity index (χ1n) is 9.05. The van der Waals surface area contributed by atoms with E-state index in [0.29, 0.717) is 11.4 Å². The van der Waals surface area contributed by atoms with Crippen LogP contribution in [0, 0.1) is 6.92 Å². The van der Waals surface area contributed by atoms with Crippen molar-refractivity contribution in [2.45, 2.75) is 24.8 Å². The quantitative estimate of drug-likeness (QED) is 0.500. The fourth-order valence-corrected chi connectivity index (χ4v) is 4.40. The number of hydrogen-bond acceptors (Lipinski definition) is 7. The second kappa shape index (κ2) is 9.27. The van der Waals surface area contributed by atoms with E-state index in [9.17, 15) is 8.42 Å². The third-order valence-electron chi connectivity index (χ3n) is 4.22. The third kappa shape index (κ3) is 5.19. The Hall–Kier alpha value is -2.59. The van der Waals surface area contributed by atoms with Crippen LogP contribution in [0.1, 0.15) is 24.2 Å². The molecule has 0 fully saturated rings. The molecule has 2 aromatic carbocycles. The molecule has 0 saturated carbocycles. The highest BCUT2D eigenvalue weighted by atomic mass is 35.5. The van der Waals surface area contributed by atoms with Gasteiger partial charge in [0.15, 0.2) is 0 Å². The molecule has 1 atom stereocenters. The topological polar surface area (TPSA) is 116 Å². The minimum Gasteiger partial charge on any atom is -0.478 e. The van der Waals surface area contributed by atoms with Gasteiger partial charge in [-0.1, -0.05) is 41.4 Å². The maximum atomic E-state index is 12.8. The van der Waals surface area contributed by atoms with E-state index in [4.69, 9.17) is 38.4 Å². The van der Waals surface area contributed by atoms with Crippen LogP contribution < -0.4 is 19.9 Å². The van der Waals surface area contributed by atoms with Crippen molar-refractivity contribution >= 4 is 39.0 Å². The summed E-state index contributed by atoms with van der Waals surface area (Å²) in [5, 5.41) is 0.00540. The molecule has 11 heteroatoms. The van der Waals surface area contributed by atoms with Crippen LogP contribution in [0.3, 0.4) is 0 Å². The van der Waals surface area contributed by atoms with E-state index in [-0.39, 0.29) is 38.6 Å². The van der Waals surface area contributed by atoms with Crippen molar-refractivity contribution in [3.05, 3.63) is 63.8 Å². The fraction of sp³-hybridized carbons (Fsp3) is 0.200. The van der Waals surface area contributed by atoms with Crippen LogP contribution in [-0.4, -0.2) is 25.5 Å². The van der Waals surface area contributed by atoms with Crippen molar-refractivity contribution in [2.75, 3.05) is 11.8 Å². The molecule has 0 aliphatic heterocycles. The van der Waals surface area contributed by atoms with Crippen molar-refractivity contribution in [2.24, 2.45) is 5.73 Å². The monoisotopic (exact) mass is 482 g/mol. The van der Waals surface area contributed by atoms with Gasteiger partial charge in [-0.2, -0.15) is 4.98 Å². The molecule has 1 heterocycles. The van der Waals surface area contributed by atoms with Crippen LogP contribution >= 0.6 is 23.2 Å². The van der Waals surface area contributed by atoms with Crippen molar-refractivity contribution < 1.29 is 17.9 Å². The molecule has 0 bridgehead atoms. The molecule has 0 radical (unpaired) electrons. The van der Waals surface area contributed by atoms with E-state index in [1.54, 1.807) is 19.1 Å². The van der Waals surface area contributed by atoms with E-state index >= 15 is 0 Å². The molecule has 0 aliphatic rings. The first-order chi connectivity index (χ1) is 14.6. The number of aryl methyl sites for hydroxylation is 1. The predicted octanol–water partition coefficient (Wildman–Crippen LogP) is 4.71. The molecule has 1 aromatic heterocycles. The number of methoxy groups -OCH3 is 1. The Morgan fingerprint density at radius 3 is 2.48 bits per heavy atom. The van der Waals surface area contributed by atoms with Crippen molar-refractivity contribution in [3.8, 4) is 17.5 Å². The average Bonchev–Trinajstić information content (AvgIpc) is 2.71. The Kier molecular flexibility index (Phi) is 6.90.